The first-order valence-corrected chi connectivity index (χ1v) is 6.83. The van der Waals surface area contributed by atoms with E-state index in [0.717, 1.165) is 0 Å². The fourth-order valence-corrected chi connectivity index (χ4v) is 2.07. The van der Waals surface area contributed by atoms with Gasteiger partial charge in [0.1, 0.15) is 11.3 Å². The van der Waals surface area contributed by atoms with E-state index in [9.17, 15) is 5.11 Å². The molecular weight excluding hydrogens is 295 g/mol. The van der Waals surface area contributed by atoms with Crippen molar-refractivity contribution in [3.05, 3.63) is 40.2 Å². The quantitative estimate of drug-likeness (QED) is 0.533. The normalized spacial score (nSPS) is 12.4. The third-order valence-electron chi connectivity index (χ3n) is 2.15. The molecule has 2 heterocycles. The fourth-order valence-electron chi connectivity index (χ4n) is 1.30. The van der Waals surface area contributed by atoms with E-state index < -0.39 is 6.10 Å². The Bertz CT molecular complexity index is 569. The van der Waals surface area contributed by atoms with Crippen LogP contribution in [-0.4, -0.2) is 31.3 Å². The minimum absolute atomic E-state index is 0.0310. The molecule has 0 aliphatic carbocycles. The summed E-state index contributed by atoms with van der Waals surface area (Å²) in [7, 11) is 0. The van der Waals surface area contributed by atoms with Crippen molar-refractivity contribution < 1.29 is 5.11 Å². The molecule has 2 aromatic heterocycles. The van der Waals surface area contributed by atoms with E-state index in [1.807, 2.05) is 6.26 Å². The summed E-state index contributed by atoms with van der Waals surface area (Å²) in [4.78, 5) is 15.8. The lowest BCUT2D eigenvalue weighted by Crippen LogP contribution is -2.06. The minimum atomic E-state index is -1.01. The summed E-state index contributed by atoms with van der Waals surface area (Å²) in [6.07, 6.45) is 3.79. The Kier molecular flexibility index (Phi) is 4.34. The first-order chi connectivity index (χ1) is 8.61. The number of thioether (sulfide) groups is 1. The van der Waals surface area contributed by atoms with Crippen molar-refractivity contribution in [2.24, 2.45) is 0 Å². The molecule has 2 rings (SSSR count). The van der Waals surface area contributed by atoms with Crippen LogP contribution in [0.2, 0.25) is 10.4 Å². The van der Waals surface area contributed by atoms with E-state index in [0.29, 0.717) is 16.4 Å². The second-order valence-electron chi connectivity index (χ2n) is 3.26. The Morgan fingerprint density at radius 2 is 2.06 bits per heavy atom. The first kappa shape index (κ1) is 13.5. The molecule has 0 spiro atoms. The molecule has 2 aromatic rings. The number of aromatic nitrogens is 4. The smallest absolute Gasteiger partial charge is 0.223 e. The molecule has 5 nitrogen and oxygen atoms in total. The Morgan fingerprint density at radius 1 is 1.28 bits per heavy atom. The van der Waals surface area contributed by atoms with Gasteiger partial charge in [0, 0.05) is 18.0 Å². The van der Waals surface area contributed by atoms with Gasteiger partial charge in [-0.15, -0.1) is 0 Å². The van der Waals surface area contributed by atoms with Crippen LogP contribution in [0.25, 0.3) is 0 Å². The number of aliphatic hydroxyl groups is 1. The van der Waals surface area contributed by atoms with Crippen LogP contribution < -0.4 is 0 Å². The molecule has 94 valence electrons. The predicted octanol–water partition coefficient (Wildman–Crippen LogP) is 2.38. The molecule has 18 heavy (non-hydrogen) atoms. The third kappa shape index (κ3) is 2.89. The predicted molar refractivity (Wildman–Crippen MR) is 69.9 cm³/mol. The molecule has 0 saturated carbocycles. The second kappa shape index (κ2) is 5.79. The molecule has 0 aliphatic heterocycles. The highest BCUT2D eigenvalue weighted by Gasteiger charge is 2.17. The summed E-state index contributed by atoms with van der Waals surface area (Å²) in [6, 6.07) is 1.61. The van der Waals surface area contributed by atoms with Crippen molar-refractivity contribution in [1.82, 2.24) is 19.9 Å². The van der Waals surface area contributed by atoms with Gasteiger partial charge in [0.15, 0.2) is 5.16 Å². The van der Waals surface area contributed by atoms with Gasteiger partial charge < -0.3 is 5.11 Å². The second-order valence-corrected chi connectivity index (χ2v) is 4.73. The van der Waals surface area contributed by atoms with Crippen LogP contribution in [0.1, 0.15) is 17.4 Å². The van der Waals surface area contributed by atoms with Crippen molar-refractivity contribution in [3.8, 4) is 0 Å². The van der Waals surface area contributed by atoms with Gasteiger partial charge in [-0.2, -0.15) is 0 Å². The van der Waals surface area contributed by atoms with Crippen LogP contribution in [-0.2, 0) is 0 Å². The van der Waals surface area contributed by atoms with Crippen LogP contribution >= 0.6 is 35.0 Å². The van der Waals surface area contributed by atoms with Crippen molar-refractivity contribution in [3.63, 3.8) is 0 Å². The molecule has 1 atom stereocenters. The van der Waals surface area contributed by atoms with Crippen LogP contribution in [0.4, 0.5) is 0 Å². The lowest BCUT2D eigenvalue weighted by molar-refractivity contribution is 0.213. The molecule has 0 radical (unpaired) electrons. The first-order valence-electron chi connectivity index (χ1n) is 4.84. The van der Waals surface area contributed by atoms with Gasteiger partial charge in [-0.3, -0.25) is 0 Å². The van der Waals surface area contributed by atoms with Gasteiger partial charge in [-0.25, -0.2) is 19.9 Å². The van der Waals surface area contributed by atoms with E-state index in [1.54, 1.807) is 12.3 Å². The number of aliphatic hydroxyl groups excluding tert-OH is 1. The molecule has 0 aromatic carbocycles. The maximum absolute atomic E-state index is 10.2. The topological polar surface area (TPSA) is 71.8 Å². The van der Waals surface area contributed by atoms with E-state index in [4.69, 9.17) is 23.2 Å². The van der Waals surface area contributed by atoms with Gasteiger partial charge in [0.25, 0.3) is 0 Å². The molecular formula is C10H8Cl2N4OS. The molecule has 0 amide bonds. The number of nitrogens with zero attached hydrogens (tertiary/aromatic N) is 4. The summed E-state index contributed by atoms with van der Waals surface area (Å²) >= 11 is 12.9. The summed E-state index contributed by atoms with van der Waals surface area (Å²) in [5, 5.41) is 10.9. The maximum atomic E-state index is 10.2. The lowest BCUT2D eigenvalue weighted by atomic mass is 10.1. The summed E-state index contributed by atoms with van der Waals surface area (Å²) in [6.45, 7) is 0. The zero-order valence-electron chi connectivity index (χ0n) is 9.21. The van der Waals surface area contributed by atoms with Crippen molar-refractivity contribution in [2.45, 2.75) is 11.3 Å². The summed E-state index contributed by atoms with van der Waals surface area (Å²) < 4.78 is 0. The highest BCUT2D eigenvalue weighted by Crippen LogP contribution is 2.26. The monoisotopic (exact) mass is 302 g/mol. The van der Waals surface area contributed by atoms with Gasteiger partial charge in [-0.1, -0.05) is 23.4 Å². The fraction of sp³-hybridized carbons (Fsp3) is 0.200. The number of hydrogen-bond donors (Lipinski definition) is 1. The molecule has 1 N–H and O–H groups in total. The van der Waals surface area contributed by atoms with Crippen molar-refractivity contribution in [1.29, 1.82) is 0 Å². The Hall–Kier alpha value is -0.950. The zero-order valence-corrected chi connectivity index (χ0v) is 11.5. The number of halogens is 2. The van der Waals surface area contributed by atoms with E-state index >= 15 is 0 Å². The average Bonchev–Trinajstić information content (AvgIpc) is 2.38. The minimum Gasteiger partial charge on any atom is -0.382 e. The third-order valence-corrected chi connectivity index (χ3v) is 3.20. The van der Waals surface area contributed by atoms with Crippen LogP contribution in [0.15, 0.2) is 23.6 Å². The van der Waals surface area contributed by atoms with Gasteiger partial charge in [0.05, 0.1) is 5.69 Å². The SMILES string of the molecule is CSc1nccc(C(O)c2cnc(Cl)nc2Cl)n1. The Balaban J connectivity index is 2.37. The van der Waals surface area contributed by atoms with Crippen LogP contribution in [0.5, 0.6) is 0 Å². The van der Waals surface area contributed by atoms with E-state index in [1.165, 1.54) is 18.0 Å². The molecule has 8 heteroatoms. The zero-order chi connectivity index (χ0) is 13.1. The Labute approximate surface area is 118 Å². The van der Waals surface area contributed by atoms with E-state index in [-0.39, 0.29) is 10.4 Å². The highest BCUT2D eigenvalue weighted by molar-refractivity contribution is 7.98. The van der Waals surface area contributed by atoms with Gasteiger partial charge in [-0.05, 0) is 23.9 Å². The summed E-state index contributed by atoms with van der Waals surface area (Å²) in [5.74, 6) is 0. The van der Waals surface area contributed by atoms with Gasteiger partial charge in [0.2, 0.25) is 5.28 Å². The molecule has 0 aliphatic rings. The van der Waals surface area contributed by atoms with Crippen LogP contribution in [0, 0.1) is 0 Å². The van der Waals surface area contributed by atoms with E-state index in [2.05, 4.69) is 19.9 Å². The largest absolute Gasteiger partial charge is 0.382 e. The number of rotatable bonds is 3. The molecule has 0 fully saturated rings. The summed E-state index contributed by atoms with van der Waals surface area (Å²) in [5.41, 5.74) is 0.786. The standard InChI is InChI=1S/C10H8Cl2N4OS/c1-18-10-13-3-2-6(15-10)7(17)5-4-14-9(12)16-8(5)11/h2-4,7,17H,1H3. The van der Waals surface area contributed by atoms with Crippen molar-refractivity contribution in [2.75, 3.05) is 6.26 Å². The molecule has 0 bridgehead atoms. The maximum Gasteiger partial charge on any atom is 0.223 e. The van der Waals surface area contributed by atoms with Crippen LogP contribution in [0.3, 0.4) is 0 Å². The average molecular weight is 303 g/mol. The number of hydrogen-bond acceptors (Lipinski definition) is 6. The Morgan fingerprint density at radius 3 is 2.72 bits per heavy atom. The van der Waals surface area contributed by atoms with Gasteiger partial charge >= 0.3 is 0 Å². The van der Waals surface area contributed by atoms with Crippen molar-refractivity contribution >= 4 is 35.0 Å². The molecule has 1 unspecified atom stereocenters. The highest BCUT2D eigenvalue weighted by atomic mass is 35.5. The lowest BCUT2D eigenvalue weighted by Gasteiger charge is -2.11. The molecule has 0 saturated heterocycles.